The van der Waals surface area contributed by atoms with Crippen LogP contribution in [0.1, 0.15) is 37.1 Å². The van der Waals surface area contributed by atoms with Crippen LogP contribution in [0.3, 0.4) is 0 Å². The topological polar surface area (TPSA) is 65.4 Å². The number of hydrogen-bond donors (Lipinski definition) is 1. The summed E-state index contributed by atoms with van der Waals surface area (Å²) < 4.78 is 13.7. The normalized spacial score (nSPS) is 10.9. The van der Waals surface area contributed by atoms with Crippen molar-refractivity contribution in [2.45, 2.75) is 45.6 Å². The molecule has 0 atom stereocenters. The first-order chi connectivity index (χ1) is 17.7. The lowest BCUT2D eigenvalue weighted by molar-refractivity contribution is -0.123. The summed E-state index contributed by atoms with van der Waals surface area (Å²) in [5, 5.41) is 2.94. The van der Waals surface area contributed by atoms with Gasteiger partial charge >= 0.3 is 0 Å². The fourth-order valence-corrected chi connectivity index (χ4v) is 4.14. The highest BCUT2D eigenvalue weighted by Crippen LogP contribution is 2.19. The van der Waals surface area contributed by atoms with E-state index in [2.05, 4.69) is 47.1 Å². The quantitative estimate of drug-likeness (QED) is 0.232. The number of ether oxygens (including phenoxy) is 2. The Bertz CT molecular complexity index is 1220. The summed E-state index contributed by atoms with van der Waals surface area (Å²) >= 11 is 0. The van der Waals surface area contributed by atoms with E-state index in [-0.39, 0.29) is 12.5 Å². The molecule has 4 rings (SSSR count). The van der Waals surface area contributed by atoms with Crippen LogP contribution in [0.5, 0.6) is 11.5 Å². The van der Waals surface area contributed by atoms with Gasteiger partial charge in [0, 0.05) is 19.5 Å². The molecule has 0 fully saturated rings. The zero-order chi connectivity index (χ0) is 25.0. The van der Waals surface area contributed by atoms with Gasteiger partial charge in [-0.25, -0.2) is 4.98 Å². The van der Waals surface area contributed by atoms with Gasteiger partial charge in [-0.15, -0.1) is 0 Å². The predicted octanol–water partition coefficient (Wildman–Crippen LogP) is 5.72. The van der Waals surface area contributed by atoms with Crippen molar-refractivity contribution in [3.63, 3.8) is 0 Å². The van der Waals surface area contributed by atoms with E-state index in [1.54, 1.807) is 0 Å². The van der Waals surface area contributed by atoms with E-state index in [1.807, 2.05) is 48.5 Å². The highest BCUT2D eigenvalue weighted by molar-refractivity contribution is 5.77. The molecule has 1 amide bonds. The summed E-state index contributed by atoms with van der Waals surface area (Å²) in [6, 6.07) is 25.9. The van der Waals surface area contributed by atoms with Gasteiger partial charge in [-0.3, -0.25) is 4.79 Å². The number of hydrogen-bond acceptors (Lipinski definition) is 4. The number of aryl methyl sites for hydroxylation is 3. The molecule has 0 saturated carbocycles. The summed E-state index contributed by atoms with van der Waals surface area (Å²) in [4.78, 5) is 16.9. The summed E-state index contributed by atoms with van der Waals surface area (Å²) in [5.41, 5.74) is 3.45. The van der Waals surface area contributed by atoms with Crippen molar-refractivity contribution in [3.05, 3.63) is 90.3 Å². The number of rotatable bonds is 14. The van der Waals surface area contributed by atoms with Crippen molar-refractivity contribution in [3.8, 4) is 11.5 Å². The number of imidazole rings is 1. The molecule has 36 heavy (non-hydrogen) atoms. The van der Waals surface area contributed by atoms with Gasteiger partial charge in [0.1, 0.15) is 17.3 Å². The minimum Gasteiger partial charge on any atom is -0.494 e. The van der Waals surface area contributed by atoms with Crippen molar-refractivity contribution in [2.24, 2.45) is 0 Å². The summed E-state index contributed by atoms with van der Waals surface area (Å²) in [6.07, 6.45) is 4.82. The van der Waals surface area contributed by atoms with E-state index >= 15 is 0 Å². The molecule has 0 spiro atoms. The fourth-order valence-electron chi connectivity index (χ4n) is 4.14. The van der Waals surface area contributed by atoms with Crippen LogP contribution in [0, 0.1) is 6.92 Å². The van der Waals surface area contributed by atoms with Gasteiger partial charge in [-0.05, 0) is 62.6 Å². The van der Waals surface area contributed by atoms with Crippen LogP contribution in [-0.4, -0.2) is 35.2 Å². The Labute approximate surface area is 213 Å². The number of aromatic nitrogens is 2. The SMILES string of the molecule is Cc1ccc(OCCCn2c(CCCCCNC(=O)COc3ccccc3)nc3ccccc32)cc1. The molecule has 3 aromatic carbocycles. The second-order valence-corrected chi connectivity index (χ2v) is 8.95. The molecule has 0 aliphatic heterocycles. The Hall–Kier alpha value is -3.80. The van der Waals surface area contributed by atoms with Crippen LogP contribution in [0.2, 0.25) is 0 Å². The molecule has 188 valence electrons. The number of carbonyl (C=O) groups is 1. The summed E-state index contributed by atoms with van der Waals surface area (Å²) in [6.45, 7) is 4.32. The maximum absolute atomic E-state index is 12.0. The number of amides is 1. The van der Waals surface area contributed by atoms with Gasteiger partial charge in [0.15, 0.2) is 6.61 Å². The first kappa shape index (κ1) is 25.3. The zero-order valence-corrected chi connectivity index (χ0v) is 21.0. The van der Waals surface area contributed by atoms with Gasteiger partial charge in [0.25, 0.3) is 5.91 Å². The second-order valence-electron chi connectivity index (χ2n) is 8.95. The van der Waals surface area contributed by atoms with Crippen molar-refractivity contribution in [1.82, 2.24) is 14.9 Å². The number of benzene rings is 3. The minimum absolute atomic E-state index is 0.0433. The lowest BCUT2D eigenvalue weighted by Crippen LogP contribution is -2.29. The van der Waals surface area contributed by atoms with E-state index < -0.39 is 0 Å². The highest BCUT2D eigenvalue weighted by Gasteiger charge is 2.10. The maximum Gasteiger partial charge on any atom is 0.257 e. The van der Waals surface area contributed by atoms with Crippen LogP contribution in [0.25, 0.3) is 11.0 Å². The average molecular weight is 486 g/mol. The number of para-hydroxylation sites is 3. The lowest BCUT2D eigenvalue weighted by atomic mass is 10.2. The van der Waals surface area contributed by atoms with Gasteiger partial charge in [-0.2, -0.15) is 0 Å². The van der Waals surface area contributed by atoms with Gasteiger partial charge < -0.3 is 19.4 Å². The maximum atomic E-state index is 12.0. The standard InChI is InChI=1S/C30H35N3O3/c1-24-16-18-26(19-17-24)35-22-10-21-33-28-14-8-7-13-27(28)32-29(33)15-6-3-9-20-31-30(34)23-36-25-11-4-2-5-12-25/h2,4-5,7-8,11-14,16-19H,3,6,9-10,15,20-23H2,1H3,(H,31,34). The molecule has 0 aliphatic carbocycles. The highest BCUT2D eigenvalue weighted by atomic mass is 16.5. The van der Waals surface area contributed by atoms with E-state index in [9.17, 15) is 4.79 Å². The lowest BCUT2D eigenvalue weighted by Gasteiger charge is -2.11. The predicted molar refractivity (Wildman–Crippen MR) is 144 cm³/mol. The summed E-state index contributed by atoms with van der Waals surface area (Å²) in [7, 11) is 0. The van der Waals surface area contributed by atoms with Crippen LogP contribution in [0.4, 0.5) is 0 Å². The Morgan fingerprint density at radius 3 is 2.42 bits per heavy atom. The van der Waals surface area contributed by atoms with Crippen molar-refractivity contribution in [1.29, 1.82) is 0 Å². The molecule has 6 heteroatoms. The molecule has 4 aromatic rings. The van der Waals surface area contributed by atoms with Gasteiger partial charge in [-0.1, -0.05) is 54.4 Å². The molecule has 0 radical (unpaired) electrons. The van der Waals surface area contributed by atoms with E-state index in [1.165, 1.54) is 11.1 Å². The molecular formula is C30H35N3O3. The van der Waals surface area contributed by atoms with Crippen molar-refractivity contribution >= 4 is 16.9 Å². The Kier molecular flexibility index (Phi) is 9.37. The first-order valence-corrected chi connectivity index (χ1v) is 12.8. The monoisotopic (exact) mass is 485 g/mol. The number of unbranched alkanes of at least 4 members (excludes halogenated alkanes) is 2. The Morgan fingerprint density at radius 1 is 0.833 bits per heavy atom. The van der Waals surface area contributed by atoms with Crippen molar-refractivity contribution in [2.75, 3.05) is 19.8 Å². The molecule has 1 heterocycles. The second kappa shape index (κ2) is 13.3. The molecule has 6 nitrogen and oxygen atoms in total. The number of fused-ring (bicyclic) bond motifs is 1. The third-order valence-corrected chi connectivity index (χ3v) is 6.06. The number of nitrogens with one attached hydrogen (secondary N) is 1. The Morgan fingerprint density at radius 2 is 1.58 bits per heavy atom. The smallest absolute Gasteiger partial charge is 0.257 e. The summed E-state index contributed by atoms with van der Waals surface area (Å²) in [5.74, 6) is 2.65. The van der Waals surface area contributed by atoms with Crippen LogP contribution in [-0.2, 0) is 17.8 Å². The number of nitrogens with zero attached hydrogens (tertiary/aromatic N) is 2. The molecule has 0 unspecified atom stereocenters. The van der Waals surface area contributed by atoms with Crippen LogP contribution < -0.4 is 14.8 Å². The number of carbonyl (C=O) groups excluding carboxylic acids is 1. The zero-order valence-electron chi connectivity index (χ0n) is 21.0. The molecule has 0 aliphatic rings. The largest absolute Gasteiger partial charge is 0.494 e. The fraction of sp³-hybridized carbons (Fsp3) is 0.333. The Balaban J connectivity index is 1.18. The van der Waals surface area contributed by atoms with Crippen molar-refractivity contribution < 1.29 is 14.3 Å². The first-order valence-electron chi connectivity index (χ1n) is 12.8. The molecule has 1 N–H and O–H groups in total. The van der Waals surface area contributed by atoms with E-state index in [0.717, 1.165) is 55.7 Å². The van der Waals surface area contributed by atoms with Crippen LogP contribution in [0.15, 0.2) is 78.9 Å². The molecule has 0 saturated heterocycles. The average Bonchev–Trinajstić information content (AvgIpc) is 3.26. The molecule has 1 aromatic heterocycles. The van der Waals surface area contributed by atoms with Gasteiger partial charge in [0.2, 0.25) is 0 Å². The van der Waals surface area contributed by atoms with Gasteiger partial charge in [0.05, 0.1) is 17.6 Å². The third kappa shape index (κ3) is 7.60. The van der Waals surface area contributed by atoms with E-state index in [4.69, 9.17) is 14.5 Å². The minimum atomic E-state index is -0.0894. The molecule has 0 bridgehead atoms. The van der Waals surface area contributed by atoms with Crippen LogP contribution >= 0.6 is 0 Å². The van der Waals surface area contributed by atoms with E-state index in [0.29, 0.717) is 18.9 Å². The third-order valence-electron chi connectivity index (χ3n) is 6.06. The molecular weight excluding hydrogens is 450 g/mol.